The summed E-state index contributed by atoms with van der Waals surface area (Å²) in [6, 6.07) is 17.0. The Morgan fingerprint density at radius 1 is 1.07 bits per heavy atom. The molecule has 4 N–H and O–H groups in total. The van der Waals surface area contributed by atoms with E-state index in [1.165, 1.54) is 0 Å². The lowest BCUT2D eigenvalue weighted by Crippen LogP contribution is -2.49. The van der Waals surface area contributed by atoms with E-state index in [1.807, 2.05) is 54.6 Å². The standard InChI is InChI=1S/C22H30N2O4/c1-22(2,3)28-21(26)24-19(20(25)14-23)13-16-9-11-18(12-10-16)27-15-17-7-5-4-6-8-17/h4-12,19-20,25H,13-15,23H2,1-3H3,(H,24,26)/t19-,20+/m0/s1. The van der Waals surface area contributed by atoms with Gasteiger partial charge in [-0.1, -0.05) is 42.5 Å². The molecule has 1 amide bonds. The lowest BCUT2D eigenvalue weighted by Gasteiger charge is -2.26. The van der Waals surface area contributed by atoms with E-state index in [0.717, 1.165) is 16.9 Å². The second-order valence-corrected chi connectivity index (χ2v) is 7.68. The van der Waals surface area contributed by atoms with Crippen LogP contribution < -0.4 is 15.8 Å². The summed E-state index contributed by atoms with van der Waals surface area (Å²) in [6.07, 6.45) is -1.02. The maximum Gasteiger partial charge on any atom is 0.407 e. The number of hydrogen-bond donors (Lipinski definition) is 3. The Balaban J connectivity index is 1.95. The summed E-state index contributed by atoms with van der Waals surface area (Å²) in [6.45, 7) is 5.90. The van der Waals surface area contributed by atoms with E-state index in [-0.39, 0.29) is 6.54 Å². The quantitative estimate of drug-likeness (QED) is 0.648. The molecule has 0 aromatic heterocycles. The predicted octanol–water partition coefficient (Wildman–Crippen LogP) is 3.02. The molecular formula is C22H30N2O4. The van der Waals surface area contributed by atoms with Gasteiger partial charge in [-0.2, -0.15) is 0 Å². The summed E-state index contributed by atoms with van der Waals surface area (Å²) in [7, 11) is 0. The molecule has 0 radical (unpaired) electrons. The SMILES string of the molecule is CC(C)(C)OC(=O)N[C@@H](Cc1ccc(OCc2ccccc2)cc1)[C@H](O)CN. The van der Waals surface area contributed by atoms with Gasteiger partial charge in [0.15, 0.2) is 0 Å². The summed E-state index contributed by atoms with van der Waals surface area (Å²) in [5.41, 5.74) is 7.02. The second-order valence-electron chi connectivity index (χ2n) is 7.68. The predicted molar refractivity (Wildman–Crippen MR) is 109 cm³/mol. The molecule has 152 valence electrons. The lowest BCUT2D eigenvalue weighted by molar-refractivity contribution is 0.0430. The third-order valence-corrected chi connectivity index (χ3v) is 4.04. The van der Waals surface area contributed by atoms with Crippen LogP contribution in [0.2, 0.25) is 0 Å². The summed E-state index contributed by atoms with van der Waals surface area (Å²) in [4.78, 5) is 12.0. The van der Waals surface area contributed by atoms with Crippen molar-refractivity contribution in [3.8, 4) is 5.75 Å². The van der Waals surface area contributed by atoms with E-state index in [4.69, 9.17) is 15.2 Å². The first-order chi connectivity index (χ1) is 13.3. The van der Waals surface area contributed by atoms with Crippen molar-refractivity contribution in [2.45, 2.75) is 51.5 Å². The first-order valence-electron chi connectivity index (χ1n) is 9.40. The van der Waals surface area contributed by atoms with Crippen LogP contribution in [0.1, 0.15) is 31.9 Å². The molecule has 0 fully saturated rings. The Morgan fingerprint density at radius 2 is 1.71 bits per heavy atom. The van der Waals surface area contributed by atoms with Gasteiger partial charge >= 0.3 is 6.09 Å². The maximum absolute atomic E-state index is 12.0. The first kappa shape index (κ1) is 21.7. The Morgan fingerprint density at radius 3 is 2.29 bits per heavy atom. The molecule has 0 saturated carbocycles. The first-order valence-corrected chi connectivity index (χ1v) is 9.40. The number of hydrogen-bond acceptors (Lipinski definition) is 5. The molecule has 2 rings (SSSR count). The number of carbonyl (C=O) groups is 1. The number of benzene rings is 2. The molecule has 0 aliphatic rings. The van der Waals surface area contributed by atoms with Crippen molar-refractivity contribution < 1.29 is 19.4 Å². The van der Waals surface area contributed by atoms with E-state index in [9.17, 15) is 9.90 Å². The van der Waals surface area contributed by atoms with Crippen molar-refractivity contribution in [1.29, 1.82) is 0 Å². The molecule has 2 aromatic carbocycles. The zero-order valence-corrected chi connectivity index (χ0v) is 16.7. The van der Waals surface area contributed by atoms with Crippen LogP contribution in [-0.4, -0.2) is 35.5 Å². The fraction of sp³-hybridized carbons (Fsp3) is 0.409. The number of carbonyl (C=O) groups excluding carboxylic acids is 1. The third-order valence-electron chi connectivity index (χ3n) is 4.04. The van der Waals surface area contributed by atoms with Crippen LogP contribution in [0.25, 0.3) is 0 Å². The molecular weight excluding hydrogens is 356 g/mol. The molecule has 0 bridgehead atoms. The van der Waals surface area contributed by atoms with E-state index in [0.29, 0.717) is 13.0 Å². The van der Waals surface area contributed by atoms with Gasteiger partial charge in [-0.25, -0.2) is 4.79 Å². The van der Waals surface area contributed by atoms with Crippen LogP contribution in [0.4, 0.5) is 4.79 Å². The lowest BCUT2D eigenvalue weighted by atomic mass is 10.0. The molecule has 0 aliphatic heterocycles. The fourth-order valence-corrected chi connectivity index (χ4v) is 2.62. The highest BCUT2D eigenvalue weighted by molar-refractivity contribution is 5.68. The number of nitrogens with one attached hydrogen (secondary N) is 1. The van der Waals surface area contributed by atoms with Crippen molar-refractivity contribution in [1.82, 2.24) is 5.32 Å². The minimum Gasteiger partial charge on any atom is -0.489 e. The third kappa shape index (κ3) is 7.58. The molecule has 6 nitrogen and oxygen atoms in total. The van der Waals surface area contributed by atoms with Gasteiger partial charge in [0.1, 0.15) is 18.0 Å². The molecule has 0 unspecified atom stereocenters. The number of amides is 1. The Labute approximate surface area is 166 Å². The van der Waals surface area contributed by atoms with Crippen LogP contribution in [0.5, 0.6) is 5.75 Å². The second kappa shape index (κ2) is 10.1. The number of aliphatic hydroxyl groups excluding tert-OH is 1. The molecule has 0 aliphatic carbocycles. The van der Waals surface area contributed by atoms with Gasteiger partial charge in [-0.15, -0.1) is 0 Å². The molecule has 0 heterocycles. The molecule has 2 aromatic rings. The van der Waals surface area contributed by atoms with E-state index >= 15 is 0 Å². The Bertz CT molecular complexity index is 726. The van der Waals surface area contributed by atoms with Gasteiger partial charge in [0.2, 0.25) is 0 Å². The zero-order chi connectivity index (χ0) is 20.6. The number of ether oxygens (including phenoxy) is 2. The molecule has 6 heteroatoms. The van der Waals surface area contributed by atoms with Gasteiger partial charge < -0.3 is 25.6 Å². The van der Waals surface area contributed by atoms with Gasteiger partial charge in [0.25, 0.3) is 0 Å². The topological polar surface area (TPSA) is 93.8 Å². The highest BCUT2D eigenvalue weighted by Gasteiger charge is 2.24. The monoisotopic (exact) mass is 386 g/mol. The summed E-state index contributed by atoms with van der Waals surface area (Å²) in [5.74, 6) is 0.753. The van der Waals surface area contributed by atoms with Gasteiger partial charge in [0, 0.05) is 6.54 Å². The number of nitrogens with two attached hydrogens (primary N) is 1. The van der Waals surface area contributed by atoms with Crippen LogP contribution in [0, 0.1) is 0 Å². The van der Waals surface area contributed by atoms with E-state index in [1.54, 1.807) is 20.8 Å². The van der Waals surface area contributed by atoms with Crippen molar-refractivity contribution >= 4 is 6.09 Å². The van der Waals surface area contributed by atoms with Crippen molar-refractivity contribution in [3.63, 3.8) is 0 Å². The molecule has 0 saturated heterocycles. The van der Waals surface area contributed by atoms with Crippen molar-refractivity contribution in [2.24, 2.45) is 5.73 Å². The maximum atomic E-state index is 12.0. The summed E-state index contributed by atoms with van der Waals surface area (Å²) in [5, 5.41) is 12.9. The van der Waals surface area contributed by atoms with Crippen LogP contribution >= 0.6 is 0 Å². The van der Waals surface area contributed by atoms with Crippen molar-refractivity contribution in [2.75, 3.05) is 6.54 Å². The van der Waals surface area contributed by atoms with Crippen LogP contribution in [-0.2, 0) is 17.8 Å². The molecule has 28 heavy (non-hydrogen) atoms. The number of rotatable bonds is 8. The summed E-state index contributed by atoms with van der Waals surface area (Å²) >= 11 is 0. The minimum absolute atomic E-state index is 0.0404. The van der Waals surface area contributed by atoms with E-state index < -0.39 is 23.8 Å². The number of aliphatic hydroxyl groups is 1. The highest BCUT2D eigenvalue weighted by Crippen LogP contribution is 2.16. The average Bonchev–Trinajstić information content (AvgIpc) is 2.65. The Kier molecular flexibility index (Phi) is 7.84. The molecule has 2 atom stereocenters. The Hall–Kier alpha value is -2.57. The highest BCUT2D eigenvalue weighted by atomic mass is 16.6. The smallest absolute Gasteiger partial charge is 0.407 e. The fourth-order valence-electron chi connectivity index (χ4n) is 2.62. The average molecular weight is 386 g/mol. The van der Waals surface area contributed by atoms with E-state index in [2.05, 4.69) is 5.32 Å². The van der Waals surface area contributed by atoms with Crippen molar-refractivity contribution in [3.05, 3.63) is 65.7 Å². The minimum atomic E-state index is -0.874. The van der Waals surface area contributed by atoms with Gasteiger partial charge in [-0.05, 0) is 50.5 Å². The van der Waals surface area contributed by atoms with Crippen LogP contribution in [0.15, 0.2) is 54.6 Å². The normalized spacial score (nSPS) is 13.5. The zero-order valence-electron chi connectivity index (χ0n) is 16.7. The summed E-state index contributed by atoms with van der Waals surface area (Å²) < 4.78 is 11.1. The van der Waals surface area contributed by atoms with Gasteiger partial charge in [-0.3, -0.25) is 0 Å². The largest absolute Gasteiger partial charge is 0.489 e. The molecule has 0 spiro atoms. The van der Waals surface area contributed by atoms with Crippen LogP contribution in [0.3, 0.4) is 0 Å². The number of alkyl carbamates (subject to hydrolysis) is 1. The van der Waals surface area contributed by atoms with Gasteiger partial charge in [0.05, 0.1) is 12.1 Å².